The molecule has 0 aliphatic rings. The minimum atomic E-state index is -0.359. The zero-order chi connectivity index (χ0) is 22.8. The Labute approximate surface area is 193 Å². The molecular weight excluding hydrogens is 384 g/mol. The van der Waals surface area contributed by atoms with E-state index in [1.165, 1.54) is 64.2 Å². The third-order valence-corrected chi connectivity index (χ3v) is 5.51. The van der Waals surface area contributed by atoms with Crippen LogP contribution in [-0.2, 0) is 14.3 Å². The maximum absolute atomic E-state index is 11.7. The van der Waals surface area contributed by atoms with Gasteiger partial charge in [0, 0.05) is 12.8 Å². The van der Waals surface area contributed by atoms with Gasteiger partial charge in [-0.05, 0) is 64.2 Å². The molecule has 3 heteroatoms. The van der Waals surface area contributed by atoms with Gasteiger partial charge in [-0.1, -0.05) is 89.5 Å². The van der Waals surface area contributed by atoms with E-state index >= 15 is 0 Å². The fraction of sp³-hybridized carbons (Fsp3) is 0.786. The molecule has 0 amide bonds. The van der Waals surface area contributed by atoms with E-state index in [2.05, 4.69) is 38.2 Å². The summed E-state index contributed by atoms with van der Waals surface area (Å²) in [4.78, 5) is 23.5. The highest BCUT2D eigenvalue weighted by Crippen LogP contribution is 2.09. The van der Waals surface area contributed by atoms with Gasteiger partial charge in [-0.3, -0.25) is 9.59 Å². The van der Waals surface area contributed by atoms with Gasteiger partial charge in [0.05, 0.1) is 0 Å². The van der Waals surface area contributed by atoms with Gasteiger partial charge >= 0.3 is 11.9 Å². The molecule has 0 atom stereocenters. The molecule has 0 bridgehead atoms. The minimum absolute atomic E-state index is 0.357. The molecule has 0 aromatic rings. The monoisotopic (exact) mass is 434 g/mol. The number of hydrogen-bond acceptors (Lipinski definition) is 3. The summed E-state index contributed by atoms with van der Waals surface area (Å²) >= 11 is 0. The molecule has 0 aromatic heterocycles. The third-order valence-electron chi connectivity index (χ3n) is 5.51. The summed E-state index contributed by atoms with van der Waals surface area (Å²) < 4.78 is 4.93. The molecule has 0 saturated carbocycles. The SMILES string of the molecule is CCCCCCC=CCCCCCC(=O)OC(=O)CCCCCC=CCCCCCC. The lowest BCUT2D eigenvalue weighted by Crippen LogP contribution is -2.11. The maximum atomic E-state index is 11.7. The highest BCUT2D eigenvalue weighted by atomic mass is 16.6. The first-order chi connectivity index (χ1) is 15.2. The minimum Gasteiger partial charge on any atom is -0.393 e. The highest BCUT2D eigenvalue weighted by molar-refractivity contribution is 5.85. The number of hydrogen-bond donors (Lipinski definition) is 0. The van der Waals surface area contributed by atoms with Crippen molar-refractivity contribution in [2.75, 3.05) is 0 Å². The van der Waals surface area contributed by atoms with Gasteiger partial charge in [0.25, 0.3) is 0 Å². The van der Waals surface area contributed by atoms with Crippen molar-refractivity contribution >= 4 is 11.9 Å². The van der Waals surface area contributed by atoms with Gasteiger partial charge < -0.3 is 4.74 Å². The highest BCUT2D eigenvalue weighted by Gasteiger charge is 2.09. The largest absolute Gasteiger partial charge is 0.393 e. The van der Waals surface area contributed by atoms with Crippen molar-refractivity contribution in [3.8, 4) is 0 Å². The van der Waals surface area contributed by atoms with Gasteiger partial charge in [-0.2, -0.15) is 0 Å². The van der Waals surface area contributed by atoms with E-state index in [9.17, 15) is 9.59 Å². The van der Waals surface area contributed by atoms with Crippen LogP contribution >= 0.6 is 0 Å². The number of ether oxygens (including phenoxy) is 1. The Morgan fingerprint density at radius 1 is 0.484 bits per heavy atom. The topological polar surface area (TPSA) is 43.4 Å². The van der Waals surface area contributed by atoms with Crippen LogP contribution in [0, 0.1) is 0 Å². The van der Waals surface area contributed by atoms with Crippen molar-refractivity contribution in [1.82, 2.24) is 0 Å². The van der Waals surface area contributed by atoms with Crippen molar-refractivity contribution < 1.29 is 14.3 Å². The number of allylic oxidation sites excluding steroid dienone is 4. The Hall–Kier alpha value is -1.38. The zero-order valence-corrected chi connectivity index (χ0v) is 20.7. The van der Waals surface area contributed by atoms with E-state index in [1.807, 2.05) is 0 Å². The average Bonchev–Trinajstić information content (AvgIpc) is 2.75. The molecule has 0 radical (unpaired) electrons. The van der Waals surface area contributed by atoms with E-state index < -0.39 is 0 Å². The maximum Gasteiger partial charge on any atom is 0.313 e. The second kappa shape index (κ2) is 24.9. The summed E-state index contributed by atoms with van der Waals surface area (Å²) in [6, 6.07) is 0. The lowest BCUT2D eigenvalue weighted by atomic mass is 10.1. The van der Waals surface area contributed by atoms with Crippen LogP contribution in [-0.4, -0.2) is 11.9 Å². The van der Waals surface area contributed by atoms with E-state index in [0.717, 1.165) is 51.4 Å². The molecule has 3 nitrogen and oxygen atoms in total. The van der Waals surface area contributed by atoms with Gasteiger partial charge in [-0.25, -0.2) is 0 Å². The Morgan fingerprint density at radius 2 is 0.806 bits per heavy atom. The first-order valence-electron chi connectivity index (χ1n) is 13.2. The summed E-state index contributed by atoms with van der Waals surface area (Å²) in [5, 5.41) is 0. The van der Waals surface area contributed by atoms with E-state index in [-0.39, 0.29) is 11.9 Å². The number of esters is 2. The molecule has 0 heterocycles. The second-order valence-electron chi connectivity index (χ2n) is 8.69. The van der Waals surface area contributed by atoms with Crippen molar-refractivity contribution in [3.63, 3.8) is 0 Å². The van der Waals surface area contributed by atoms with Crippen molar-refractivity contribution in [3.05, 3.63) is 24.3 Å². The predicted octanol–water partition coefficient (Wildman–Crippen LogP) is 9.01. The Balaban J connectivity index is 3.43. The quantitative estimate of drug-likeness (QED) is 0.0738. The molecule has 0 N–H and O–H groups in total. The van der Waals surface area contributed by atoms with Crippen LogP contribution in [0.15, 0.2) is 24.3 Å². The number of carbonyl (C=O) groups excluding carboxylic acids is 2. The lowest BCUT2D eigenvalue weighted by molar-refractivity contribution is -0.159. The van der Waals surface area contributed by atoms with E-state index in [1.54, 1.807) is 0 Å². The average molecular weight is 435 g/mol. The fourth-order valence-corrected chi connectivity index (χ4v) is 3.49. The molecule has 0 aromatic carbocycles. The van der Waals surface area contributed by atoms with E-state index in [4.69, 9.17) is 4.74 Å². The number of rotatable bonds is 22. The van der Waals surface area contributed by atoms with Crippen molar-refractivity contribution in [2.24, 2.45) is 0 Å². The van der Waals surface area contributed by atoms with Crippen LogP contribution in [0.2, 0.25) is 0 Å². The molecule has 31 heavy (non-hydrogen) atoms. The zero-order valence-electron chi connectivity index (χ0n) is 20.7. The fourth-order valence-electron chi connectivity index (χ4n) is 3.49. The lowest BCUT2D eigenvalue weighted by Gasteiger charge is -2.03. The predicted molar refractivity (Wildman–Crippen MR) is 133 cm³/mol. The van der Waals surface area contributed by atoms with Crippen LogP contribution in [0.4, 0.5) is 0 Å². The molecule has 0 unspecified atom stereocenters. The van der Waals surface area contributed by atoms with Gasteiger partial charge in [0.2, 0.25) is 0 Å². The molecule has 0 spiro atoms. The normalized spacial score (nSPS) is 11.5. The first kappa shape index (κ1) is 29.6. The molecule has 0 fully saturated rings. The van der Waals surface area contributed by atoms with Crippen LogP contribution in [0.5, 0.6) is 0 Å². The Kier molecular flexibility index (Phi) is 23.8. The summed E-state index contributed by atoms with van der Waals surface area (Å²) in [5.41, 5.74) is 0. The van der Waals surface area contributed by atoms with Gasteiger partial charge in [-0.15, -0.1) is 0 Å². The van der Waals surface area contributed by atoms with Gasteiger partial charge in [0.15, 0.2) is 0 Å². The Morgan fingerprint density at radius 3 is 1.13 bits per heavy atom. The summed E-state index contributed by atoms with van der Waals surface area (Å²) in [5.74, 6) is -0.718. The van der Waals surface area contributed by atoms with Crippen LogP contribution in [0.3, 0.4) is 0 Å². The molecule has 0 saturated heterocycles. The van der Waals surface area contributed by atoms with Crippen molar-refractivity contribution in [2.45, 2.75) is 142 Å². The van der Waals surface area contributed by atoms with Gasteiger partial charge in [0.1, 0.15) is 0 Å². The van der Waals surface area contributed by atoms with Crippen LogP contribution in [0.1, 0.15) is 142 Å². The molecular formula is C28H50O3. The summed E-state index contributed by atoms with van der Waals surface area (Å²) in [6.07, 6.45) is 30.7. The molecule has 0 aliphatic heterocycles. The summed E-state index contributed by atoms with van der Waals surface area (Å²) in [6.45, 7) is 4.47. The van der Waals surface area contributed by atoms with Crippen LogP contribution in [0.25, 0.3) is 0 Å². The van der Waals surface area contributed by atoms with E-state index in [0.29, 0.717) is 12.8 Å². The van der Waals surface area contributed by atoms with Crippen LogP contribution < -0.4 is 0 Å². The number of unbranched alkanes of at least 4 members (excludes halogenated alkanes) is 14. The summed E-state index contributed by atoms with van der Waals surface area (Å²) in [7, 11) is 0. The standard InChI is InChI=1S/C28H50O3/c1-3-5-7-9-11-13-15-17-19-21-23-25-27(29)31-28(30)26-24-22-20-18-16-14-12-10-8-6-4-2/h13-16H,3-12,17-26H2,1-2H3. The smallest absolute Gasteiger partial charge is 0.313 e. The molecule has 0 aliphatic carbocycles. The molecule has 180 valence electrons. The Bertz CT molecular complexity index is 423. The molecule has 0 rings (SSSR count). The third kappa shape index (κ3) is 24.8. The van der Waals surface area contributed by atoms with Crippen molar-refractivity contribution in [1.29, 1.82) is 0 Å². The number of carbonyl (C=O) groups is 2. The first-order valence-corrected chi connectivity index (χ1v) is 13.2. The second-order valence-corrected chi connectivity index (χ2v) is 8.69.